The zero-order valence-electron chi connectivity index (χ0n) is 30.3. The summed E-state index contributed by atoms with van der Waals surface area (Å²) in [4.78, 5) is 10.2. The molecule has 0 saturated carbocycles. The molecule has 0 saturated heterocycles. The molecule has 0 aliphatic carbocycles. The van der Waals surface area contributed by atoms with Gasteiger partial charge in [0.15, 0.2) is 5.84 Å². The Hall–Kier alpha value is -7.50. The third kappa shape index (κ3) is 5.32. The van der Waals surface area contributed by atoms with Crippen molar-refractivity contribution in [1.29, 1.82) is 0 Å². The van der Waals surface area contributed by atoms with E-state index in [1.54, 1.807) is 0 Å². The average molecular weight is 719 g/mol. The SMILES string of the molecule is c1ccc(C2=NC(c3cccc(-c4cccc5c4oc4cccc(-c6ccc7c8ccccc8n(-c8ccccc8)c7c6)c45)c3)=NC(c3ccccc3)N2)cc1. The van der Waals surface area contributed by atoms with E-state index in [4.69, 9.17) is 14.4 Å². The van der Waals surface area contributed by atoms with E-state index in [-0.39, 0.29) is 6.17 Å². The van der Waals surface area contributed by atoms with E-state index in [2.05, 4.69) is 168 Å². The number of hydrogen-bond donors (Lipinski definition) is 1. The number of rotatable bonds is 6. The van der Waals surface area contributed by atoms with Crippen LogP contribution in [-0.2, 0) is 0 Å². The van der Waals surface area contributed by atoms with Gasteiger partial charge in [0.2, 0.25) is 0 Å². The maximum Gasteiger partial charge on any atom is 0.159 e. The summed E-state index contributed by atoms with van der Waals surface area (Å²) < 4.78 is 9.16. The van der Waals surface area contributed by atoms with Gasteiger partial charge in [0.25, 0.3) is 0 Å². The van der Waals surface area contributed by atoms with Crippen molar-refractivity contribution in [3.63, 3.8) is 0 Å². The zero-order chi connectivity index (χ0) is 37.0. The van der Waals surface area contributed by atoms with Crippen molar-refractivity contribution in [2.45, 2.75) is 6.17 Å². The Morgan fingerprint density at radius 1 is 0.482 bits per heavy atom. The van der Waals surface area contributed by atoms with Crippen LogP contribution in [-0.4, -0.2) is 16.2 Å². The summed E-state index contributed by atoms with van der Waals surface area (Å²) in [5, 5.41) is 8.22. The van der Waals surface area contributed by atoms with Crippen molar-refractivity contribution in [3.8, 4) is 27.9 Å². The first-order valence-corrected chi connectivity index (χ1v) is 18.9. The average Bonchev–Trinajstić information content (AvgIpc) is 3.83. The Labute approximate surface area is 323 Å². The molecule has 0 radical (unpaired) electrons. The van der Waals surface area contributed by atoms with Gasteiger partial charge in [0, 0.05) is 43.9 Å². The highest BCUT2D eigenvalue weighted by Crippen LogP contribution is 2.42. The lowest BCUT2D eigenvalue weighted by Crippen LogP contribution is -2.33. The van der Waals surface area contributed by atoms with Crippen LogP contribution in [0.5, 0.6) is 0 Å². The van der Waals surface area contributed by atoms with Gasteiger partial charge in [-0.05, 0) is 58.7 Å². The lowest BCUT2D eigenvalue weighted by molar-refractivity contribution is 0.670. The predicted octanol–water partition coefficient (Wildman–Crippen LogP) is 12.5. The molecule has 5 heteroatoms. The van der Waals surface area contributed by atoms with Crippen LogP contribution in [0.3, 0.4) is 0 Å². The molecule has 5 nitrogen and oxygen atoms in total. The van der Waals surface area contributed by atoms with Gasteiger partial charge in [-0.25, -0.2) is 9.98 Å². The Kier molecular flexibility index (Phi) is 7.49. The third-order valence-corrected chi connectivity index (χ3v) is 10.9. The predicted molar refractivity (Wildman–Crippen MR) is 231 cm³/mol. The van der Waals surface area contributed by atoms with Crippen molar-refractivity contribution in [3.05, 3.63) is 211 Å². The smallest absolute Gasteiger partial charge is 0.159 e. The van der Waals surface area contributed by atoms with Gasteiger partial charge >= 0.3 is 0 Å². The molecule has 10 aromatic rings. The Morgan fingerprint density at radius 2 is 1.12 bits per heavy atom. The molecule has 2 aromatic heterocycles. The van der Waals surface area contributed by atoms with Gasteiger partial charge in [-0.2, -0.15) is 0 Å². The normalized spacial score (nSPS) is 14.2. The summed E-state index contributed by atoms with van der Waals surface area (Å²) >= 11 is 0. The maximum atomic E-state index is 6.79. The molecule has 264 valence electrons. The fourth-order valence-corrected chi connectivity index (χ4v) is 8.26. The van der Waals surface area contributed by atoms with Gasteiger partial charge in [0.1, 0.15) is 23.2 Å². The monoisotopic (exact) mass is 718 g/mol. The molecular weight excluding hydrogens is 685 g/mol. The molecule has 1 atom stereocenters. The van der Waals surface area contributed by atoms with Crippen LogP contribution in [0, 0.1) is 0 Å². The standard InChI is InChI=1S/C51H34N4O/c1-4-15-33(16-5-1)49-52-50(34-17-6-2-7-18-34)54-51(53-49)37-20-12-19-35(31-37)40-25-13-26-43-47-39(24-14-28-46(47)56-48(40)43)36-29-30-42-41-23-10-11-27-44(41)55(45(42)32-36)38-21-8-3-9-22-38/h1-32,49H,(H,52,53,54). The summed E-state index contributed by atoms with van der Waals surface area (Å²) in [5.41, 5.74) is 12.6. The van der Waals surface area contributed by atoms with Gasteiger partial charge in [-0.1, -0.05) is 158 Å². The van der Waals surface area contributed by atoms with Crippen molar-refractivity contribution in [2.24, 2.45) is 9.98 Å². The molecule has 1 N–H and O–H groups in total. The lowest BCUT2D eigenvalue weighted by Gasteiger charge is -2.23. The van der Waals surface area contributed by atoms with E-state index < -0.39 is 0 Å². The highest BCUT2D eigenvalue weighted by molar-refractivity contribution is 6.17. The van der Waals surface area contributed by atoms with Gasteiger partial charge < -0.3 is 14.3 Å². The number of aliphatic imine (C=N–C) groups is 2. The van der Waals surface area contributed by atoms with E-state index in [0.29, 0.717) is 5.84 Å². The maximum absolute atomic E-state index is 6.79. The fraction of sp³-hybridized carbons (Fsp3) is 0.0196. The second kappa shape index (κ2) is 13.1. The molecule has 1 aliphatic rings. The third-order valence-electron chi connectivity index (χ3n) is 10.9. The first-order valence-electron chi connectivity index (χ1n) is 18.9. The molecule has 8 aromatic carbocycles. The lowest BCUT2D eigenvalue weighted by atomic mass is 9.96. The van der Waals surface area contributed by atoms with Crippen LogP contribution in [0.15, 0.2) is 209 Å². The molecular formula is C51H34N4O. The van der Waals surface area contributed by atoms with E-state index >= 15 is 0 Å². The number of para-hydroxylation sites is 3. The second-order valence-electron chi connectivity index (χ2n) is 14.2. The highest BCUT2D eigenvalue weighted by Gasteiger charge is 2.22. The molecule has 11 rings (SSSR count). The number of nitrogens with zero attached hydrogens (tertiary/aromatic N) is 3. The number of nitrogens with one attached hydrogen (secondary N) is 1. The van der Waals surface area contributed by atoms with Gasteiger partial charge in [-0.15, -0.1) is 0 Å². The van der Waals surface area contributed by atoms with E-state index in [1.165, 1.54) is 21.8 Å². The molecule has 0 fully saturated rings. The van der Waals surface area contributed by atoms with Crippen LogP contribution in [0.2, 0.25) is 0 Å². The quantitative estimate of drug-likeness (QED) is 0.186. The van der Waals surface area contributed by atoms with Crippen molar-refractivity contribution in [2.75, 3.05) is 0 Å². The van der Waals surface area contributed by atoms with Gasteiger partial charge in [-0.3, -0.25) is 0 Å². The Balaban J connectivity index is 1.04. The van der Waals surface area contributed by atoms with Gasteiger partial charge in [0.05, 0.1) is 11.0 Å². The van der Waals surface area contributed by atoms with Crippen LogP contribution < -0.4 is 5.32 Å². The molecule has 1 unspecified atom stereocenters. The van der Waals surface area contributed by atoms with E-state index in [1.807, 2.05) is 36.4 Å². The minimum Gasteiger partial charge on any atom is -0.455 e. The number of furan rings is 1. The molecule has 0 amide bonds. The Morgan fingerprint density at radius 3 is 1.98 bits per heavy atom. The molecule has 56 heavy (non-hydrogen) atoms. The largest absolute Gasteiger partial charge is 0.455 e. The van der Waals surface area contributed by atoms with Crippen LogP contribution >= 0.6 is 0 Å². The topological polar surface area (TPSA) is 54.8 Å². The van der Waals surface area contributed by atoms with Crippen molar-refractivity contribution in [1.82, 2.24) is 9.88 Å². The molecule has 0 bridgehead atoms. The number of benzene rings is 8. The number of amidine groups is 2. The van der Waals surface area contributed by atoms with Crippen LogP contribution in [0.1, 0.15) is 22.9 Å². The second-order valence-corrected chi connectivity index (χ2v) is 14.2. The van der Waals surface area contributed by atoms with Crippen LogP contribution in [0.4, 0.5) is 0 Å². The summed E-state index contributed by atoms with van der Waals surface area (Å²) in [7, 11) is 0. The van der Waals surface area contributed by atoms with E-state index in [0.717, 1.165) is 72.4 Å². The van der Waals surface area contributed by atoms with Crippen LogP contribution in [0.25, 0.3) is 71.7 Å². The fourth-order valence-electron chi connectivity index (χ4n) is 8.26. The summed E-state index contributed by atoms with van der Waals surface area (Å²) in [6, 6.07) is 68.0. The summed E-state index contributed by atoms with van der Waals surface area (Å²) in [5.74, 6) is 1.48. The number of hydrogen-bond acceptors (Lipinski definition) is 4. The summed E-state index contributed by atoms with van der Waals surface area (Å²) in [6.45, 7) is 0. The van der Waals surface area contributed by atoms with E-state index in [9.17, 15) is 0 Å². The number of aromatic nitrogens is 1. The highest BCUT2D eigenvalue weighted by atomic mass is 16.3. The Bertz CT molecular complexity index is 3160. The minimum absolute atomic E-state index is 0.270. The van der Waals surface area contributed by atoms with Crippen molar-refractivity contribution < 1.29 is 4.42 Å². The molecule has 3 heterocycles. The zero-order valence-corrected chi connectivity index (χ0v) is 30.3. The minimum atomic E-state index is -0.270. The first kappa shape index (κ1) is 32.0. The molecule has 1 aliphatic heterocycles. The molecule has 0 spiro atoms. The summed E-state index contributed by atoms with van der Waals surface area (Å²) in [6.07, 6.45) is -0.270. The number of fused-ring (bicyclic) bond motifs is 6. The van der Waals surface area contributed by atoms with Crippen molar-refractivity contribution >= 4 is 55.4 Å². The first-order chi connectivity index (χ1) is 27.8.